The van der Waals surface area contributed by atoms with Gasteiger partial charge in [-0.05, 0) is 48.7 Å². The summed E-state index contributed by atoms with van der Waals surface area (Å²) in [6, 6.07) is 8.54. The van der Waals surface area contributed by atoms with Crippen molar-refractivity contribution < 1.29 is 27.1 Å². The van der Waals surface area contributed by atoms with Crippen molar-refractivity contribution in [1.82, 2.24) is 9.62 Å². The minimum absolute atomic E-state index is 0.0852. The van der Waals surface area contributed by atoms with Gasteiger partial charge < -0.3 is 19.2 Å². The Kier molecular flexibility index (Phi) is 7.89. The van der Waals surface area contributed by atoms with Gasteiger partial charge in [-0.1, -0.05) is 0 Å². The van der Waals surface area contributed by atoms with Crippen molar-refractivity contribution in [2.45, 2.75) is 30.6 Å². The van der Waals surface area contributed by atoms with Crippen molar-refractivity contribution in [2.75, 3.05) is 40.0 Å². The van der Waals surface area contributed by atoms with E-state index in [9.17, 15) is 13.2 Å². The lowest BCUT2D eigenvalue weighted by Gasteiger charge is -2.26. The number of carbonyl (C=O) groups is 1. The number of morpholine rings is 1. The number of amides is 1. The van der Waals surface area contributed by atoms with E-state index in [4.69, 9.17) is 13.9 Å². The van der Waals surface area contributed by atoms with E-state index < -0.39 is 10.0 Å². The standard InChI is InChI=1S/C21H28N2O6S/c1-27-20-8-7-19(30(25,26)23-11-14-28-15-12-23)16-17(20)6-9-21(24)22-10-2-4-18-5-3-13-29-18/h3,5,7-8,13,16H,2,4,6,9-12,14-15H2,1H3,(H,22,24). The summed E-state index contributed by atoms with van der Waals surface area (Å²) in [5, 5.41) is 2.89. The predicted octanol–water partition coefficient (Wildman–Crippen LogP) is 1.99. The zero-order valence-electron chi connectivity index (χ0n) is 17.1. The molecule has 1 aliphatic rings. The summed E-state index contributed by atoms with van der Waals surface area (Å²) in [6.07, 6.45) is 3.82. The number of ether oxygens (including phenoxy) is 2. The number of sulfonamides is 1. The summed E-state index contributed by atoms with van der Waals surface area (Å²) < 4.78 is 43.1. The topological polar surface area (TPSA) is 98.1 Å². The number of methoxy groups -OCH3 is 1. The Labute approximate surface area is 177 Å². The van der Waals surface area contributed by atoms with Crippen LogP contribution in [0.15, 0.2) is 45.9 Å². The van der Waals surface area contributed by atoms with Crippen LogP contribution in [0.2, 0.25) is 0 Å². The molecule has 0 atom stereocenters. The Morgan fingerprint density at radius 3 is 2.70 bits per heavy atom. The monoisotopic (exact) mass is 436 g/mol. The lowest BCUT2D eigenvalue weighted by Crippen LogP contribution is -2.40. The van der Waals surface area contributed by atoms with E-state index in [2.05, 4.69) is 5.32 Å². The number of hydrogen-bond acceptors (Lipinski definition) is 6. The van der Waals surface area contributed by atoms with Gasteiger partial charge in [-0.2, -0.15) is 4.31 Å². The van der Waals surface area contributed by atoms with Gasteiger partial charge in [0.15, 0.2) is 0 Å². The quantitative estimate of drug-likeness (QED) is 0.572. The fourth-order valence-electron chi connectivity index (χ4n) is 3.33. The van der Waals surface area contributed by atoms with Gasteiger partial charge in [-0.3, -0.25) is 4.79 Å². The Balaban J connectivity index is 1.56. The van der Waals surface area contributed by atoms with E-state index in [-0.39, 0.29) is 17.2 Å². The summed E-state index contributed by atoms with van der Waals surface area (Å²) in [4.78, 5) is 12.4. The molecule has 1 amide bonds. The number of nitrogens with one attached hydrogen (secondary N) is 1. The Bertz CT molecular complexity index is 921. The second-order valence-corrected chi connectivity index (χ2v) is 8.96. The van der Waals surface area contributed by atoms with Crippen molar-refractivity contribution in [2.24, 2.45) is 0 Å². The highest BCUT2D eigenvalue weighted by Crippen LogP contribution is 2.26. The van der Waals surface area contributed by atoms with Crippen molar-refractivity contribution >= 4 is 15.9 Å². The molecular weight excluding hydrogens is 408 g/mol. The molecule has 1 aromatic heterocycles. The molecule has 1 aliphatic heterocycles. The lowest BCUT2D eigenvalue weighted by molar-refractivity contribution is -0.121. The van der Waals surface area contributed by atoms with E-state index in [1.807, 2.05) is 12.1 Å². The van der Waals surface area contributed by atoms with Gasteiger partial charge in [0.1, 0.15) is 11.5 Å². The van der Waals surface area contributed by atoms with Crippen molar-refractivity contribution in [1.29, 1.82) is 0 Å². The second-order valence-electron chi connectivity index (χ2n) is 7.02. The third-order valence-corrected chi connectivity index (χ3v) is 6.88. The molecule has 1 saturated heterocycles. The number of nitrogens with zero attached hydrogens (tertiary/aromatic N) is 1. The number of aryl methyl sites for hydroxylation is 2. The molecule has 0 aliphatic carbocycles. The average Bonchev–Trinajstić information content (AvgIpc) is 3.29. The maximum absolute atomic E-state index is 12.9. The highest BCUT2D eigenvalue weighted by molar-refractivity contribution is 7.89. The third kappa shape index (κ3) is 5.84. The van der Waals surface area contributed by atoms with Crippen LogP contribution in [0.4, 0.5) is 0 Å². The summed E-state index contributed by atoms with van der Waals surface area (Å²) in [5.41, 5.74) is 0.692. The van der Waals surface area contributed by atoms with Gasteiger partial charge in [-0.25, -0.2) is 8.42 Å². The molecule has 2 heterocycles. The first-order valence-electron chi connectivity index (χ1n) is 10.0. The Morgan fingerprint density at radius 2 is 2.00 bits per heavy atom. The SMILES string of the molecule is COc1ccc(S(=O)(=O)N2CCOCC2)cc1CCC(=O)NCCCc1ccco1. The summed E-state index contributed by atoms with van der Waals surface area (Å²) in [6.45, 7) is 2.01. The maximum Gasteiger partial charge on any atom is 0.243 e. The van der Waals surface area contributed by atoms with Crippen LogP contribution < -0.4 is 10.1 Å². The van der Waals surface area contributed by atoms with E-state index in [1.165, 1.54) is 11.4 Å². The smallest absolute Gasteiger partial charge is 0.243 e. The maximum atomic E-state index is 12.9. The summed E-state index contributed by atoms with van der Waals surface area (Å²) in [7, 11) is -2.07. The van der Waals surface area contributed by atoms with Crippen LogP contribution in [0.5, 0.6) is 5.75 Å². The normalized spacial score (nSPS) is 15.1. The lowest BCUT2D eigenvalue weighted by atomic mass is 10.1. The van der Waals surface area contributed by atoms with E-state index in [0.717, 1.165) is 18.6 Å². The molecule has 2 aromatic rings. The number of benzene rings is 1. The highest BCUT2D eigenvalue weighted by atomic mass is 32.2. The molecule has 0 saturated carbocycles. The van der Waals surface area contributed by atoms with Crippen LogP contribution >= 0.6 is 0 Å². The largest absolute Gasteiger partial charge is 0.496 e. The molecule has 1 fully saturated rings. The van der Waals surface area contributed by atoms with Crippen LogP contribution in [-0.2, 0) is 32.4 Å². The van der Waals surface area contributed by atoms with Crippen LogP contribution in [0.3, 0.4) is 0 Å². The highest BCUT2D eigenvalue weighted by Gasteiger charge is 2.27. The van der Waals surface area contributed by atoms with Gasteiger partial charge in [0.25, 0.3) is 0 Å². The average molecular weight is 437 g/mol. The van der Waals surface area contributed by atoms with Crippen LogP contribution in [0.1, 0.15) is 24.2 Å². The van der Waals surface area contributed by atoms with E-state index >= 15 is 0 Å². The minimum Gasteiger partial charge on any atom is -0.496 e. The summed E-state index contributed by atoms with van der Waals surface area (Å²) in [5.74, 6) is 1.38. The van der Waals surface area contributed by atoms with Crippen LogP contribution in [0, 0.1) is 0 Å². The molecule has 8 nitrogen and oxygen atoms in total. The number of hydrogen-bond donors (Lipinski definition) is 1. The van der Waals surface area contributed by atoms with Gasteiger partial charge in [0.05, 0.1) is 31.5 Å². The first kappa shape index (κ1) is 22.3. The zero-order valence-corrected chi connectivity index (χ0v) is 17.9. The van der Waals surface area contributed by atoms with Gasteiger partial charge >= 0.3 is 0 Å². The van der Waals surface area contributed by atoms with Gasteiger partial charge in [-0.15, -0.1) is 0 Å². The second kappa shape index (κ2) is 10.6. The Hall–Kier alpha value is -2.36. The molecule has 30 heavy (non-hydrogen) atoms. The van der Waals surface area contributed by atoms with Crippen LogP contribution in [0.25, 0.3) is 0 Å². The number of furan rings is 1. The zero-order chi connectivity index (χ0) is 21.4. The molecule has 0 spiro atoms. The van der Waals surface area contributed by atoms with E-state index in [1.54, 1.807) is 24.5 Å². The Morgan fingerprint density at radius 1 is 1.20 bits per heavy atom. The molecule has 164 valence electrons. The van der Waals surface area contributed by atoms with Crippen molar-refractivity contribution in [3.05, 3.63) is 47.9 Å². The number of carbonyl (C=O) groups excluding carboxylic acids is 1. The third-order valence-electron chi connectivity index (χ3n) is 4.98. The van der Waals surface area contributed by atoms with Gasteiger partial charge in [0.2, 0.25) is 15.9 Å². The van der Waals surface area contributed by atoms with Crippen molar-refractivity contribution in [3.8, 4) is 5.75 Å². The number of rotatable bonds is 10. The molecular formula is C21H28N2O6S. The molecule has 0 radical (unpaired) electrons. The van der Waals surface area contributed by atoms with Crippen LogP contribution in [-0.4, -0.2) is 58.6 Å². The van der Waals surface area contributed by atoms with E-state index in [0.29, 0.717) is 50.6 Å². The minimum atomic E-state index is -3.60. The molecule has 0 unspecified atom stereocenters. The molecule has 1 aromatic carbocycles. The predicted molar refractivity (Wildman–Crippen MR) is 111 cm³/mol. The molecule has 1 N–H and O–H groups in total. The first-order valence-corrected chi connectivity index (χ1v) is 11.5. The summed E-state index contributed by atoms with van der Waals surface area (Å²) >= 11 is 0. The van der Waals surface area contributed by atoms with Crippen molar-refractivity contribution in [3.63, 3.8) is 0 Å². The first-order chi connectivity index (χ1) is 14.5. The van der Waals surface area contributed by atoms with Gasteiger partial charge in [0, 0.05) is 32.5 Å². The molecule has 3 rings (SSSR count). The molecule has 9 heteroatoms. The molecule has 0 bridgehead atoms. The fraction of sp³-hybridized carbons (Fsp3) is 0.476. The fourth-order valence-corrected chi connectivity index (χ4v) is 4.79.